The van der Waals surface area contributed by atoms with Crippen LogP contribution in [0.2, 0.25) is 0 Å². The fourth-order valence-corrected chi connectivity index (χ4v) is 2.52. The van der Waals surface area contributed by atoms with Crippen molar-refractivity contribution in [1.82, 2.24) is 30.3 Å². The summed E-state index contributed by atoms with van der Waals surface area (Å²) in [6.45, 7) is 8.86. The normalized spacial score (nSPS) is 11.3. The van der Waals surface area contributed by atoms with Crippen LogP contribution < -0.4 is 10.6 Å². The lowest BCUT2D eigenvalue weighted by Crippen LogP contribution is -2.36. The molecule has 0 bridgehead atoms. The third-order valence-electron chi connectivity index (χ3n) is 4.23. The summed E-state index contributed by atoms with van der Waals surface area (Å²) in [4.78, 5) is 10.8. The fraction of sp³-hybridized carbons (Fsp3) is 0.500. The summed E-state index contributed by atoms with van der Waals surface area (Å²) >= 11 is 0. The molecule has 0 aliphatic heterocycles. The van der Waals surface area contributed by atoms with Crippen LogP contribution >= 0.6 is 24.0 Å². The Morgan fingerprint density at radius 2 is 1.69 bits per heavy atom. The van der Waals surface area contributed by atoms with Crippen LogP contribution in [-0.4, -0.2) is 45.8 Å². The molecule has 0 saturated heterocycles. The highest BCUT2D eigenvalue weighted by atomic mass is 127. The molecule has 0 unspecified atom stereocenters. The number of nitrogens with zero attached hydrogens (tertiary/aromatic N) is 5. The van der Waals surface area contributed by atoms with Crippen molar-refractivity contribution in [2.24, 2.45) is 12.0 Å². The third-order valence-corrected chi connectivity index (χ3v) is 4.23. The molecule has 8 heteroatoms. The molecule has 1 heterocycles. The average molecular weight is 471 g/mol. The van der Waals surface area contributed by atoms with Crippen molar-refractivity contribution in [3.63, 3.8) is 0 Å². The van der Waals surface area contributed by atoms with Gasteiger partial charge in [0.05, 0.1) is 6.54 Å². The van der Waals surface area contributed by atoms with Crippen LogP contribution in [0, 0.1) is 0 Å². The highest BCUT2D eigenvalue weighted by Crippen LogP contribution is 2.07. The summed E-state index contributed by atoms with van der Waals surface area (Å²) in [6, 6.07) is 8.74. The Kier molecular flexibility index (Phi) is 10.2. The zero-order valence-electron chi connectivity index (χ0n) is 16.1. The minimum absolute atomic E-state index is 0. The summed E-state index contributed by atoms with van der Waals surface area (Å²) in [7, 11) is 3.64. The minimum Gasteiger partial charge on any atom is -0.352 e. The van der Waals surface area contributed by atoms with Gasteiger partial charge in [-0.05, 0) is 24.2 Å². The van der Waals surface area contributed by atoms with E-state index in [-0.39, 0.29) is 24.0 Å². The first-order chi connectivity index (χ1) is 12.2. The van der Waals surface area contributed by atoms with Crippen molar-refractivity contribution < 1.29 is 0 Å². The predicted molar refractivity (Wildman–Crippen MR) is 117 cm³/mol. The van der Waals surface area contributed by atoms with Crippen LogP contribution in [0.4, 0.5) is 0 Å². The van der Waals surface area contributed by atoms with E-state index in [1.54, 1.807) is 18.1 Å². The number of halogens is 1. The van der Waals surface area contributed by atoms with E-state index in [2.05, 4.69) is 68.7 Å². The first-order valence-corrected chi connectivity index (χ1v) is 8.73. The Labute approximate surface area is 173 Å². The molecule has 2 rings (SSSR count). The van der Waals surface area contributed by atoms with Crippen molar-refractivity contribution in [3.8, 4) is 0 Å². The Morgan fingerprint density at radius 3 is 2.23 bits per heavy atom. The molecule has 26 heavy (non-hydrogen) atoms. The number of aryl methyl sites for hydroxylation is 1. The maximum Gasteiger partial charge on any atom is 0.191 e. The topological polar surface area (TPSA) is 70.4 Å². The van der Waals surface area contributed by atoms with Crippen LogP contribution in [0.3, 0.4) is 0 Å². The van der Waals surface area contributed by atoms with E-state index < -0.39 is 0 Å². The van der Waals surface area contributed by atoms with Gasteiger partial charge in [-0.3, -0.25) is 14.6 Å². The van der Waals surface area contributed by atoms with Gasteiger partial charge in [-0.2, -0.15) is 5.10 Å². The van der Waals surface area contributed by atoms with E-state index in [1.165, 1.54) is 11.1 Å². The lowest BCUT2D eigenvalue weighted by atomic mass is 10.1. The van der Waals surface area contributed by atoms with Gasteiger partial charge in [0.1, 0.15) is 12.2 Å². The minimum atomic E-state index is 0. The van der Waals surface area contributed by atoms with E-state index >= 15 is 0 Å². The second-order valence-electron chi connectivity index (χ2n) is 5.86. The van der Waals surface area contributed by atoms with Crippen LogP contribution in [-0.2, 0) is 26.7 Å². The lowest BCUT2D eigenvalue weighted by molar-refractivity contribution is 0.296. The van der Waals surface area contributed by atoms with E-state index in [4.69, 9.17) is 0 Å². The first kappa shape index (κ1) is 22.4. The Bertz CT molecular complexity index is 662. The molecule has 0 aliphatic rings. The molecule has 1 aromatic heterocycles. The zero-order chi connectivity index (χ0) is 18.1. The van der Waals surface area contributed by atoms with Crippen LogP contribution in [0.5, 0.6) is 0 Å². The number of aromatic nitrogens is 3. The highest BCUT2D eigenvalue weighted by Gasteiger charge is 2.04. The SMILES string of the molecule is CCN(CC)Cc1ccc(CNC(=NC)NCc2ncnn2C)cc1.I. The third kappa shape index (κ3) is 6.91. The van der Waals surface area contributed by atoms with E-state index in [0.717, 1.165) is 38.0 Å². The van der Waals surface area contributed by atoms with Gasteiger partial charge in [-0.1, -0.05) is 38.1 Å². The highest BCUT2D eigenvalue weighted by molar-refractivity contribution is 14.0. The van der Waals surface area contributed by atoms with Gasteiger partial charge >= 0.3 is 0 Å². The average Bonchev–Trinajstić information content (AvgIpc) is 3.06. The number of hydrogen-bond acceptors (Lipinski definition) is 4. The molecule has 2 aromatic rings. The largest absolute Gasteiger partial charge is 0.352 e. The van der Waals surface area contributed by atoms with Crippen molar-refractivity contribution in [1.29, 1.82) is 0 Å². The number of aliphatic imine (C=N–C) groups is 1. The molecular weight excluding hydrogens is 441 g/mol. The summed E-state index contributed by atoms with van der Waals surface area (Å²) in [6.07, 6.45) is 1.55. The predicted octanol–water partition coefficient (Wildman–Crippen LogP) is 2.14. The van der Waals surface area contributed by atoms with E-state index in [0.29, 0.717) is 6.54 Å². The van der Waals surface area contributed by atoms with Gasteiger partial charge in [-0.15, -0.1) is 24.0 Å². The quantitative estimate of drug-likeness (QED) is 0.351. The summed E-state index contributed by atoms with van der Waals surface area (Å²) < 4.78 is 1.74. The maximum absolute atomic E-state index is 4.24. The smallest absolute Gasteiger partial charge is 0.191 e. The van der Waals surface area contributed by atoms with E-state index in [1.807, 2.05) is 7.05 Å². The number of rotatable bonds is 8. The summed E-state index contributed by atoms with van der Waals surface area (Å²) in [5.74, 6) is 1.61. The molecule has 1 aromatic carbocycles. The maximum atomic E-state index is 4.24. The lowest BCUT2D eigenvalue weighted by Gasteiger charge is -2.18. The molecule has 144 valence electrons. The first-order valence-electron chi connectivity index (χ1n) is 8.73. The second kappa shape index (κ2) is 11.8. The van der Waals surface area contributed by atoms with Crippen molar-refractivity contribution in [3.05, 3.63) is 47.5 Å². The molecule has 0 radical (unpaired) electrons. The van der Waals surface area contributed by atoms with Crippen molar-refractivity contribution in [2.45, 2.75) is 33.5 Å². The van der Waals surface area contributed by atoms with Gasteiger partial charge in [-0.25, -0.2) is 4.98 Å². The number of nitrogens with one attached hydrogen (secondary N) is 2. The van der Waals surface area contributed by atoms with Gasteiger partial charge in [0, 0.05) is 27.2 Å². The fourth-order valence-electron chi connectivity index (χ4n) is 2.52. The van der Waals surface area contributed by atoms with Crippen LogP contribution in [0.25, 0.3) is 0 Å². The number of guanidine groups is 1. The monoisotopic (exact) mass is 471 g/mol. The molecule has 0 spiro atoms. The zero-order valence-corrected chi connectivity index (χ0v) is 18.4. The van der Waals surface area contributed by atoms with Gasteiger partial charge < -0.3 is 10.6 Å². The molecular formula is C18H30IN7. The van der Waals surface area contributed by atoms with Gasteiger partial charge in [0.2, 0.25) is 0 Å². The van der Waals surface area contributed by atoms with Crippen molar-refractivity contribution >= 4 is 29.9 Å². The van der Waals surface area contributed by atoms with Crippen LogP contribution in [0.1, 0.15) is 30.8 Å². The molecule has 7 nitrogen and oxygen atoms in total. The standard InChI is InChI=1S/C18H29N7.HI/c1-5-25(6-2)13-16-9-7-15(8-10-16)11-20-18(19-3)21-12-17-22-14-23-24(17)4;/h7-10,14H,5-6,11-13H2,1-4H3,(H2,19,20,21);1H. The summed E-state index contributed by atoms with van der Waals surface area (Å²) in [5.41, 5.74) is 2.57. The molecule has 0 saturated carbocycles. The van der Waals surface area contributed by atoms with Crippen molar-refractivity contribution in [2.75, 3.05) is 20.1 Å². The Hall–Kier alpha value is -1.68. The second-order valence-corrected chi connectivity index (χ2v) is 5.86. The van der Waals surface area contributed by atoms with Gasteiger partial charge in [0.25, 0.3) is 0 Å². The molecule has 0 fully saturated rings. The molecule has 0 atom stereocenters. The summed E-state index contributed by atoms with van der Waals surface area (Å²) in [5, 5.41) is 10.6. The Balaban J connectivity index is 0.00000338. The Morgan fingerprint density at radius 1 is 1.08 bits per heavy atom. The van der Waals surface area contributed by atoms with Gasteiger partial charge in [0.15, 0.2) is 5.96 Å². The number of benzene rings is 1. The number of hydrogen-bond donors (Lipinski definition) is 2. The molecule has 0 amide bonds. The van der Waals surface area contributed by atoms with Crippen LogP contribution in [0.15, 0.2) is 35.6 Å². The molecule has 2 N–H and O–H groups in total. The van der Waals surface area contributed by atoms with E-state index in [9.17, 15) is 0 Å². The molecule has 0 aliphatic carbocycles.